The van der Waals surface area contributed by atoms with Crippen LogP contribution < -0.4 is 4.74 Å². The maximum Gasteiger partial charge on any atom is 0.434 e. The first kappa shape index (κ1) is 27.8. The van der Waals surface area contributed by atoms with E-state index in [1.165, 1.54) is 25.1 Å². The molecule has 0 aliphatic heterocycles. The van der Waals surface area contributed by atoms with E-state index in [4.69, 9.17) is 14.5 Å². The van der Waals surface area contributed by atoms with Crippen LogP contribution in [-0.2, 0) is 24.4 Å². The van der Waals surface area contributed by atoms with Gasteiger partial charge in [-0.3, -0.25) is 0 Å². The average Bonchev–Trinajstić information content (AvgIpc) is 3.66. The van der Waals surface area contributed by atoms with E-state index < -0.39 is 18.0 Å². The van der Waals surface area contributed by atoms with Crippen LogP contribution in [0.1, 0.15) is 53.1 Å². The third-order valence-corrected chi connectivity index (χ3v) is 7.36. The number of hydrogen-bond acceptors (Lipinski definition) is 8. The highest BCUT2D eigenvalue weighted by atomic mass is 19.4. The van der Waals surface area contributed by atoms with E-state index in [0.717, 1.165) is 30.4 Å². The van der Waals surface area contributed by atoms with Crippen LogP contribution in [0.4, 0.5) is 13.2 Å². The number of aliphatic hydroxyl groups is 1. The summed E-state index contributed by atoms with van der Waals surface area (Å²) in [4.78, 5) is 25.3. The molecule has 5 aromatic rings. The van der Waals surface area contributed by atoms with Crippen molar-refractivity contribution in [3.05, 3.63) is 71.2 Å². The number of fused-ring (bicyclic) bond motifs is 1. The minimum Gasteiger partial charge on any atom is -0.480 e. The number of benzene rings is 1. The van der Waals surface area contributed by atoms with Crippen molar-refractivity contribution in [1.29, 1.82) is 0 Å². The molecule has 0 bridgehead atoms. The summed E-state index contributed by atoms with van der Waals surface area (Å²) in [5.41, 5.74) is 3.94. The van der Waals surface area contributed by atoms with E-state index in [1.54, 1.807) is 37.6 Å². The predicted molar refractivity (Wildman–Crippen MR) is 147 cm³/mol. The number of nitrogens with zero attached hydrogens (tertiary/aromatic N) is 6. The molecule has 13 heteroatoms. The zero-order chi connectivity index (χ0) is 29.6. The van der Waals surface area contributed by atoms with Crippen molar-refractivity contribution in [3.63, 3.8) is 0 Å². The van der Waals surface area contributed by atoms with Crippen LogP contribution in [0.15, 0.2) is 43.0 Å². The van der Waals surface area contributed by atoms with Crippen LogP contribution in [0.2, 0.25) is 0 Å². The number of nitrogens with one attached hydrogen (secondary N) is 1. The Morgan fingerprint density at radius 3 is 2.50 bits per heavy atom. The number of ether oxygens (including phenoxy) is 2. The number of halogens is 3. The van der Waals surface area contributed by atoms with Gasteiger partial charge in [0.15, 0.2) is 11.5 Å². The lowest BCUT2D eigenvalue weighted by atomic mass is 9.98. The minimum atomic E-state index is -4.55. The molecule has 4 aromatic heterocycles. The molecule has 1 atom stereocenters. The highest BCUT2D eigenvalue weighted by Gasteiger charge is 2.35. The number of imidazole rings is 1. The third-order valence-electron chi connectivity index (χ3n) is 7.36. The first-order chi connectivity index (χ1) is 20.2. The van der Waals surface area contributed by atoms with Crippen LogP contribution >= 0.6 is 0 Å². The molecule has 1 aliphatic rings. The van der Waals surface area contributed by atoms with Gasteiger partial charge in [-0.1, -0.05) is 24.3 Å². The molecule has 42 heavy (non-hydrogen) atoms. The zero-order valence-electron chi connectivity index (χ0n) is 23.1. The molecular weight excluding hydrogens is 551 g/mol. The Morgan fingerprint density at radius 2 is 1.86 bits per heavy atom. The van der Waals surface area contributed by atoms with Crippen molar-refractivity contribution < 1.29 is 27.8 Å². The van der Waals surface area contributed by atoms with E-state index in [0.29, 0.717) is 58.0 Å². The Balaban J connectivity index is 1.42. The minimum absolute atomic E-state index is 0.166. The fraction of sp³-hybridized carbons (Fsp3) is 0.345. The summed E-state index contributed by atoms with van der Waals surface area (Å²) in [5.74, 6) is 1.22. The molecule has 218 valence electrons. The number of methoxy groups -OCH3 is 2. The van der Waals surface area contributed by atoms with E-state index in [9.17, 15) is 18.3 Å². The summed E-state index contributed by atoms with van der Waals surface area (Å²) in [6.07, 6.45) is 0.933. The highest BCUT2D eigenvalue weighted by Crippen LogP contribution is 2.45. The molecule has 1 saturated carbocycles. The average molecular weight is 580 g/mol. The summed E-state index contributed by atoms with van der Waals surface area (Å²) < 4.78 is 51.7. The van der Waals surface area contributed by atoms with Crippen molar-refractivity contribution in [2.45, 2.75) is 37.5 Å². The number of H-pyrrole nitrogens is 1. The molecule has 0 saturated heterocycles. The van der Waals surface area contributed by atoms with E-state index in [1.807, 2.05) is 0 Å². The summed E-state index contributed by atoms with van der Waals surface area (Å²) in [6.45, 7) is 0.401. The normalized spacial score (nSPS) is 14.5. The van der Waals surface area contributed by atoms with E-state index in [2.05, 4.69) is 24.9 Å². The lowest BCUT2D eigenvalue weighted by Gasteiger charge is -2.14. The molecule has 1 aliphatic carbocycles. The zero-order valence-corrected chi connectivity index (χ0v) is 23.1. The molecule has 1 fully saturated rings. The van der Waals surface area contributed by atoms with Crippen molar-refractivity contribution in [3.8, 4) is 28.7 Å². The molecule has 6 rings (SSSR count). The van der Waals surface area contributed by atoms with Gasteiger partial charge in [-0.2, -0.15) is 13.2 Å². The van der Waals surface area contributed by atoms with Crippen LogP contribution in [0.25, 0.3) is 33.8 Å². The van der Waals surface area contributed by atoms with Crippen molar-refractivity contribution in [1.82, 2.24) is 34.5 Å². The quantitative estimate of drug-likeness (QED) is 0.250. The highest BCUT2D eigenvalue weighted by molar-refractivity contribution is 5.83. The maximum atomic E-state index is 13.2. The topological polar surface area (TPSA) is 124 Å². The second kappa shape index (κ2) is 10.8. The van der Waals surface area contributed by atoms with Crippen molar-refractivity contribution >= 4 is 11.0 Å². The van der Waals surface area contributed by atoms with Gasteiger partial charge in [0.25, 0.3) is 0 Å². The SMILES string of the molecule is COCCc1[nH]c2cnc(-c3c(OC)ncnc3C3CC3)nc2c1C(O)c1ccc(-c2nc(C(F)(F)F)cn2C)cc1. The Bertz CT molecular complexity index is 1740. The number of aryl methyl sites for hydroxylation is 1. The first-order valence-electron chi connectivity index (χ1n) is 13.3. The number of aromatic amines is 1. The maximum absolute atomic E-state index is 13.2. The van der Waals surface area contributed by atoms with Crippen molar-refractivity contribution in [2.24, 2.45) is 7.05 Å². The Kier molecular flexibility index (Phi) is 7.15. The summed E-state index contributed by atoms with van der Waals surface area (Å²) >= 11 is 0. The van der Waals surface area contributed by atoms with Gasteiger partial charge in [0, 0.05) is 49.5 Å². The van der Waals surface area contributed by atoms with E-state index in [-0.39, 0.29) is 11.7 Å². The van der Waals surface area contributed by atoms with Gasteiger partial charge >= 0.3 is 6.18 Å². The number of aliphatic hydroxyl groups excluding tert-OH is 1. The molecular formula is C29H28F3N7O3. The second-order valence-electron chi connectivity index (χ2n) is 10.2. The van der Waals surface area contributed by atoms with Gasteiger partial charge in [-0.15, -0.1) is 0 Å². The monoisotopic (exact) mass is 579 g/mol. The van der Waals surface area contributed by atoms with Gasteiger partial charge in [0.1, 0.15) is 23.8 Å². The van der Waals surface area contributed by atoms with Crippen LogP contribution in [-0.4, -0.2) is 60.4 Å². The van der Waals surface area contributed by atoms with Crippen LogP contribution in [0.5, 0.6) is 5.88 Å². The van der Waals surface area contributed by atoms with Gasteiger partial charge in [-0.25, -0.2) is 24.9 Å². The summed E-state index contributed by atoms with van der Waals surface area (Å²) in [6, 6.07) is 6.61. The lowest BCUT2D eigenvalue weighted by Crippen LogP contribution is -2.06. The fourth-order valence-electron chi connectivity index (χ4n) is 5.13. The molecule has 0 radical (unpaired) electrons. The molecule has 1 aromatic carbocycles. The second-order valence-corrected chi connectivity index (χ2v) is 10.2. The number of rotatable bonds is 9. The van der Waals surface area contributed by atoms with Gasteiger partial charge in [-0.05, 0) is 18.4 Å². The molecule has 2 N–H and O–H groups in total. The largest absolute Gasteiger partial charge is 0.480 e. The predicted octanol–water partition coefficient (Wildman–Crippen LogP) is 4.99. The standard InChI is InChI=1S/C29H28F3N7O3/c1-39-13-20(29(30,31)32)37-27(39)17-8-6-16(7-9-17)25(40)21-18(10-11-41-2)36-19-12-33-26(38-24(19)21)22-23(15-4-5-15)34-14-35-28(22)42-3/h6-9,12-15,25,36,40H,4-5,10-11H2,1-3H3. The molecule has 0 spiro atoms. The van der Waals surface area contributed by atoms with Crippen LogP contribution in [0.3, 0.4) is 0 Å². The summed E-state index contributed by atoms with van der Waals surface area (Å²) in [7, 11) is 4.64. The number of hydrogen-bond donors (Lipinski definition) is 2. The van der Waals surface area contributed by atoms with Gasteiger partial charge < -0.3 is 24.1 Å². The van der Waals surface area contributed by atoms with Gasteiger partial charge in [0.05, 0.1) is 36.6 Å². The van der Waals surface area contributed by atoms with Crippen LogP contribution in [0, 0.1) is 0 Å². The van der Waals surface area contributed by atoms with Crippen molar-refractivity contribution in [2.75, 3.05) is 20.8 Å². The molecule has 1 unspecified atom stereocenters. The Morgan fingerprint density at radius 1 is 1.10 bits per heavy atom. The fourth-order valence-corrected chi connectivity index (χ4v) is 5.13. The molecule has 0 amide bonds. The Hall–Kier alpha value is -4.36. The molecule has 10 nitrogen and oxygen atoms in total. The smallest absolute Gasteiger partial charge is 0.434 e. The van der Waals surface area contributed by atoms with E-state index >= 15 is 0 Å². The van der Waals surface area contributed by atoms with Gasteiger partial charge in [0.2, 0.25) is 5.88 Å². The lowest BCUT2D eigenvalue weighted by molar-refractivity contribution is -0.140. The summed E-state index contributed by atoms with van der Waals surface area (Å²) in [5, 5.41) is 11.7. The number of alkyl halides is 3. The third kappa shape index (κ3) is 5.09. The number of aromatic nitrogens is 7. The molecule has 4 heterocycles. The Labute approximate surface area is 238 Å². The first-order valence-corrected chi connectivity index (χ1v) is 13.3.